The molecule has 1 aromatic heterocycles. The Hall–Kier alpha value is -1.71. The van der Waals surface area contributed by atoms with E-state index in [4.69, 9.17) is 9.73 Å². The van der Waals surface area contributed by atoms with Crippen LogP contribution in [0.25, 0.3) is 0 Å². The van der Waals surface area contributed by atoms with Gasteiger partial charge in [-0.2, -0.15) is 0 Å². The number of guanidine groups is 1. The summed E-state index contributed by atoms with van der Waals surface area (Å²) in [7, 11) is 0. The molecule has 2 N–H and O–H groups in total. The summed E-state index contributed by atoms with van der Waals surface area (Å²) >= 11 is 0. The number of aliphatic imine (C=N–C) groups is 1. The van der Waals surface area contributed by atoms with Crippen molar-refractivity contribution in [2.75, 3.05) is 39.4 Å². The third kappa shape index (κ3) is 7.56. The van der Waals surface area contributed by atoms with Gasteiger partial charge in [0.2, 0.25) is 0 Å². The summed E-state index contributed by atoms with van der Waals surface area (Å²) in [5.41, 5.74) is 3.56. The highest BCUT2D eigenvalue weighted by molar-refractivity contribution is 14.0. The van der Waals surface area contributed by atoms with Gasteiger partial charge in [0.1, 0.15) is 0 Å². The van der Waals surface area contributed by atoms with E-state index in [0.29, 0.717) is 6.54 Å². The Morgan fingerprint density at radius 3 is 2.55 bits per heavy atom. The topological polar surface area (TPSA) is 61.8 Å². The second-order valence-electron chi connectivity index (χ2n) is 6.97. The van der Waals surface area contributed by atoms with E-state index in [-0.39, 0.29) is 30.0 Å². The number of aryl methyl sites for hydroxylation is 1. The highest BCUT2D eigenvalue weighted by atomic mass is 127. The van der Waals surface area contributed by atoms with E-state index in [1.807, 2.05) is 18.2 Å². The molecule has 29 heavy (non-hydrogen) atoms. The van der Waals surface area contributed by atoms with Crippen LogP contribution in [0.2, 0.25) is 0 Å². The predicted molar refractivity (Wildman–Crippen MR) is 129 cm³/mol. The van der Waals surface area contributed by atoms with Gasteiger partial charge in [0.25, 0.3) is 0 Å². The van der Waals surface area contributed by atoms with Gasteiger partial charge < -0.3 is 15.4 Å². The lowest BCUT2D eigenvalue weighted by Gasteiger charge is -2.35. The molecular formula is C22H32IN5O. The van der Waals surface area contributed by atoms with Gasteiger partial charge in [0, 0.05) is 32.4 Å². The molecular weight excluding hydrogens is 477 g/mol. The zero-order valence-corrected chi connectivity index (χ0v) is 19.6. The van der Waals surface area contributed by atoms with Crippen LogP contribution in [-0.4, -0.2) is 55.2 Å². The summed E-state index contributed by atoms with van der Waals surface area (Å²) in [6, 6.07) is 15.0. The number of benzene rings is 1. The maximum absolute atomic E-state index is 5.55. The van der Waals surface area contributed by atoms with Crippen molar-refractivity contribution in [1.82, 2.24) is 20.5 Å². The Labute approximate surface area is 191 Å². The molecule has 6 nitrogen and oxygen atoms in total. The quantitative estimate of drug-likeness (QED) is 0.341. The molecule has 1 aliphatic rings. The van der Waals surface area contributed by atoms with Gasteiger partial charge >= 0.3 is 0 Å². The molecule has 0 amide bonds. The average molecular weight is 509 g/mol. The minimum absolute atomic E-state index is 0. The largest absolute Gasteiger partial charge is 0.379 e. The Morgan fingerprint density at radius 2 is 1.90 bits per heavy atom. The number of pyridine rings is 1. The third-order valence-corrected chi connectivity index (χ3v) is 4.88. The molecule has 1 saturated heterocycles. The molecule has 1 aliphatic heterocycles. The van der Waals surface area contributed by atoms with Crippen molar-refractivity contribution in [3.05, 3.63) is 65.5 Å². The first-order valence-corrected chi connectivity index (χ1v) is 10.1. The summed E-state index contributed by atoms with van der Waals surface area (Å²) in [6.07, 6.45) is 1.80. The fraction of sp³-hybridized carbons (Fsp3) is 0.455. The zero-order valence-electron chi connectivity index (χ0n) is 17.3. The van der Waals surface area contributed by atoms with E-state index in [1.165, 1.54) is 11.1 Å². The Bertz CT molecular complexity index is 733. The number of rotatable bonds is 7. The molecule has 1 unspecified atom stereocenters. The van der Waals surface area contributed by atoms with Crippen molar-refractivity contribution in [1.29, 1.82) is 0 Å². The molecule has 0 bridgehead atoms. The van der Waals surface area contributed by atoms with Crippen LogP contribution >= 0.6 is 24.0 Å². The van der Waals surface area contributed by atoms with Crippen LogP contribution in [0.15, 0.2) is 53.7 Å². The van der Waals surface area contributed by atoms with Crippen molar-refractivity contribution >= 4 is 29.9 Å². The van der Waals surface area contributed by atoms with Gasteiger partial charge in [-0.15, -0.1) is 24.0 Å². The van der Waals surface area contributed by atoms with Gasteiger partial charge in [-0.05, 0) is 31.5 Å². The van der Waals surface area contributed by atoms with Crippen LogP contribution < -0.4 is 10.6 Å². The molecule has 1 fully saturated rings. The van der Waals surface area contributed by atoms with E-state index in [1.54, 1.807) is 6.20 Å². The summed E-state index contributed by atoms with van der Waals surface area (Å²) in [6.45, 7) is 9.84. The van der Waals surface area contributed by atoms with Crippen LogP contribution in [0.5, 0.6) is 0 Å². The lowest BCUT2D eigenvalue weighted by molar-refractivity contribution is 0.0170. The van der Waals surface area contributed by atoms with Crippen molar-refractivity contribution in [2.45, 2.75) is 26.4 Å². The Balaban J connectivity index is 0.00000300. The smallest absolute Gasteiger partial charge is 0.191 e. The van der Waals surface area contributed by atoms with Gasteiger partial charge in [0.15, 0.2) is 5.96 Å². The molecule has 3 rings (SSSR count). The van der Waals surface area contributed by atoms with Crippen molar-refractivity contribution in [3.8, 4) is 0 Å². The highest BCUT2D eigenvalue weighted by Gasteiger charge is 2.22. The lowest BCUT2D eigenvalue weighted by atomic mass is 10.0. The summed E-state index contributed by atoms with van der Waals surface area (Å²) in [5, 5.41) is 6.87. The molecule has 0 aliphatic carbocycles. The standard InChI is InChI=1S/C22H31N5O.HI/c1-3-23-22(25-16-20-6-4-5-11-24-20)26-17-21(27-12-14-28-15-13-27)19-9-7-18(2)8-10-19;/h4-11,21H,3,12-17H2,1-2H3,(H2,23,25,26);1H. The molecule has 0 spiro atoms. The van der Waals surface area contributed by atoms with E-state index in [2.05, 4.69) is 58.6 Å². The Kier molecular flexibility index (Phi) is 10.4. The number of nitrogens with one attached hydrogen (secondary N) is 2. The van der Waals surface area contributed by atoms with E-state index in [0.717, 1.165) is 51.0 Å². The summed E-state index contributed by atoms with van der Waals surface area (Å²) in [5.74, 6) is 0.818. The first-order chi connectivity index (χ1) is 13.8. The summed E-state index contributed by atoms with van der Waals surface area (Å²) in [4.78, 5) is 11.5. The van der Waals surface area contributed by atoms with Crippen molar-refractivity contribution < 1.29 is 4.74 Å². The maximum Gasteiger partial charge on any atom is 0.191 e. The van der Waals surface area contributed by atoms with Crippen LogP contribution in [-0.2, 0) is 11.3 Å². The molecule has 7 heteroatoms. The predicted octanol–water partition coefficient (Wildman–Crippen LogP) is 3.14. The minimum atomic E-state index is 0. The van der Waals surface area contributed by atoms with Crippen LogP contribution in [0.4, 0.5) is 0 Å². The Morgan fingerprint density at radius 1 is 1.14 bits per heavy atom. The fourth-order valence-electron chi connectivity index (χ4n) is 3.32. The van der Waals surface area contributed by atoms with Crippen LogP contribution in [0, 0.1) is 6.92 Å². The maximum atomic E-state index is 5.55. The number of hydrogen-bond acceptors (Lipinski definition) is 4. The number of hydrogen-bond donors (Lipinski definition) is 2. The second kappa shape index (κ2) is 12.8. The molecule has 0 radical (unpaired) electrons. The van der Waals surface area contributed by atoms with Gasteiger partial charge in [0.05, 0.1) is 31.5 Å². The SMILES string of the molecule is CCNC(=NCc1ccccn1)NCC(c1ccc(C)cc1)N1CCOCC1.I. The lowest BCUT2D eigenvalue weighted by Crippen LogP contribution is -2.46. The minimum Gasteiger partial charge on any atom is -0.379 e. The van der Waals surface area contributed by atoms with Crippen molar-refractivity contribution in [3.63, 3.8) is 0 Å². The number of halogens is 1. The van der Waals surface area contributed by atoms with Crippen LogP contribution in [0.1, 0.15) is 29.8 Å². The molecule has 158 valence electrons. The number of aromatic nitrogens is 1. The molecule has 1 aromatic carbocycles. The number of nitrogens with zero attached hydrogens (tertiary/aromatic N) is 3. The van der Waals surface area contributed by atoms with Gasteiger partial charge in [-0.3, -0.25) is 9.88 Å². The van der Waals surface area contributed by atoms with E-state index < -0.39 is 0 Å². The fourth-order valence-corrected chi connectivity index (χ4v) is 3.32. The average Bonchev–Trinajstić information content (AvgIpc) is 2.75. The molecule has 1 atom stereocenters. The van der Waals surface area contributed by atoms with E-state index >= 15 is 0 Å². The first-order valence-electron chi connectivity index (χ1n) is 10.1. The first kappa shape index (κ1) is 23.6. The molecule has 2 aromatic rings. The second-order valence-corrected chi connectivity index (χ2v) is 6.97. The van der Waals surface area contributed by atoms with Crippen molar-refractivity contribution in [2.24, 2.45) is 4.99 Å². The molecule has 0 saturated carbocycles. The number of ether oxygens (including phenoxy) is 1. The van der Waals surface area contributed by atoms with Gasteiger partial charge in [-0.1, -0.05) is 35.9 Å². The number of morpholine rings is 1. The normalized spacial score (nSPS) is 16.0. The summed E-state index contributed by atoms with van der Waals surface area (Å²) < 4.78 is 5.55. The zero-order chi connectivity index (χ0) is 19.6. The highest BCUT2D eigenvalue weighted by Crippen LogP contribution is 2.21. The van der Waals surface area contributed by atoms with Gasteiger partial charge in [-0.25, -0.2) is 4.99 Å². The third-order valence-electron chi connectivity index (χ3n) is 4.88. The van der Waals surface area contributed by atoms with E-state index in [9.17, 15) is 0 Å². The molecule has 2 heterocycles. The monoisotopic (exact) mass is 509 g/mol. The van der Waals surface area contributed by atoms with Crippen LogP contribution in [0.3, 0.4) is 0 Å².